The summed E-state index contributed by atoms with van der Waals surface area (Å²) in [6.07, 6.45) is 0. The van der Waals surface area contributed by atoms with Gasteiger partial charge in [-0.3, -0.25) is 0 Å². The van der Waals surface area contributed by atoms with E-state index in [4.69, 9.17) is 0 Å². The number of nitrogens with zero attached hydrogens (tertiary/aromatic N) is 3. The average molecular weight is 298 g/mol. The Labute approximate surface area is 115 Å². The largest absolute Gasteiger partial charge is 0.314 e. The predicted molar refractivity (Wildman–Crippen MR) is 73.6 cm³/mol. The van der Waals surface area contributed by atoms with Crippen LogP contribution >= 0.6 is 11.7 Å². The third-order valence-corrected chi connectivity index (χ3v) is 5.86. The Balaban J connectivity index is 2.11. The summed E-state index contributed by atoms with van der Waals surface area (Å²) >= 11 is 1.04. The lowest BCUT2D eigenvalue weighted by Gasteiger charge is -2.32. The fourth-order valence-electron chi connectivity index (χ4n) is 2.30. The van der Waals surface area contributed by atoms with Gasteiger partial charge < -0.3 is 5.32 Å². The Morgan fingerprint density at radius 1 is 1.42 bits per heavy atom. The molecular formula is C11H14N4O2S2. The van der Waals surface area contributed by atoms with E-state index in [1.54, 1.807) is 18.2 Å². The highest BCUT2D eigenvalue weighted by Crippen LogP contribution is 2.25. The normalized spacial score (nSPS) is 21.8. The van der Waals surface area contributed by atoms with E-state index >= 15 is 0 Å². The molecule has 8 heteroatoms. The van der Waals surface area contributed by atoms with Gasteiger partial charge >= 0.3 is 0 Å². The molecule has 0 spiro atoms. The van der Waals surface area contributed by atoms with Crippen molar-refractivity contribution in [3.05, 3.63) is 18.2 Å². The molecule has 0 bridgehead atoms. The van der Waals surface area contributed by atoms with Crippen molar-refractivity contribution in [2.45, 2.75) is 17.9 Å². The number of rotatable bonds is 2. The maximum atomic E-state index is 12.7. The summed E-state index contributed by atoms with van der Waals surface area (Å²) in [5.41, 5.74) is 1.10. The van der Waals surface area contributed by atoms with Crippen molar-refractivity contribution >= 4 is 32.8 Å². The molecule has 1 aliphatic heterocycles. The number of aromatic nitrogens is 2. The molecule has 3 rings (SSSR count). The standard InChI is InChI=1S/C11H14N4O2S2/c1-8-7-12-5-6-15(8)19(16,17)10-4-2-3-9-11(10)14-18-13-9/h2-4,8,12H,5-7H2,1H3/t8-/m1/s1. The van der Waals surface area contributed by atoms with Crippen molar-refractivity contribution in [3.8, 4) is 0 Å². The van der Waals surface area contributed by atoms with Crippen molar-refractivity contribution in [1.82, 2.24) is 18.4 Å². The molecule has 0 amide bonds. The number of hydrogen-bond acceptors (Lipinski definition) is 6. The molecule has 0 aliphatic carbocycles. The minimum absolute atomic E-state index is 0.0550. The highest BCUT2D eigenvalue weighted by Gasteiger charge is 2.32. The van der Waals surface area contributed by atoms with Crippen LogP contribution < -0.4 is 5.32 Å². The van der Waals surface area contributed by atoms with Crippen LogP contribution in [0.1, 0.15) is 6.92 Å². The minimum atomic E-state index is -3.51. The SMILES string of the molecule is C[C@@H]1CNCCN1S(=O)(=O)c1cccc2nsnc12. The molecule has 1 aromatic heterocycles. The molecule has 1 aromatic carbocycles. The van der Waals surface area contributed by atoms with Crippen molar-refractivity contribution in [3.63, 3.8) is 0 Å². The van der Waals surface area contributed by atoms with Crippen LogP contribution in [0.4, 0.5) is 0 Å². The lowest BCUT2D eigenvalue weighted by Crippen LogP contribution is -2.52. The molecule has 102 valence electrons. The zero-order valence-electron chi connectivity index (χ0n) is 10.4. The van der Waals surface area contributed by atoms with Crippen LogP contribution in [0.3, 0.4) is 0 Å². The molecule has 19 heavy (non-hydrogen) atoms. The van der Waals surface area contributed by atoms with Gasteiger partial charge in [-0.25, -0.2) is 8.42 Å². The first-order valence-electron chi connectivity index (χ1n) is 6.04. The Morgan fingerprint density at radius 3 is 3.05 bits per heavy atom. The van der Waals surface area contributed by atoms with Gasteiger partial charge in [-0.05, 0) is 19.1 Å². The molecule has 0 saturated carbocycles. The molecule has 1 atom stereocenters. The summed E-state index contributed by atoms with van der Waals surface area (Å²) in [4.78, 5) is 0.257. The molecule has 1 fully saturated rings. The van der Waals surface area contributed by atoms with Crippen LogP contribution in [-0.4, -0.2) is 47.1 Å². The van der Waals surface area contributed by atoms with Crippen LogP contribution in [0, 0.1) is 0 Å². The van der Waals surface area contributed by atoms with Gasteiger partial charge in [0.25, 0.3) is 0 Å². The quantitative estimate of drug-likeness (QED) is 0.882. The maximum absolute atomic E-state index is 12.7. The van der Waals surface area contributed by atoms with Gasteiger partial charge in [-0.2, -0.15) is 13.1 Å². The second kappa shape index (κ2) is 4.78. The van der Waals surface area contributed by atoms with E-state index < -0.39 is 10.0 Å². The Morgan fingerprint density at radius 2 is 2.26 bits per heavy atom. The summed E-state index contributed by atoms with van der Waals surface area (Å²) in [7, 11) is -3.51. The summed E-state index contributed by atoms with van der Waals surface area (Å²) in [5.74, 6) is 0. The van der Waals surface area contributed by atoms with E-state index in [0.29, 0.717) is 30.7 Å². The van der Waals surface area contributed by atoms with Gasteiger partial charge in [-0.1, -0.05) is 6.07 Å². The monoisotopic (exact) mass is 298 g/mol. The van der Waals surface area contributed by atoms with E-state index in [9.17, 15) is 8.42 Å². The molecular weight excluding hydrogens is 284 g/mol. The molecule has 1 N–H and O–H groups in total. The zero-order chi connectivity index (χ0) is 13.5. The zero-order valence-corrected chi connectivity index (χ0v) is 12.0. The summed E-state index contributed by atoms with van der Waals surface area (Å²) in [6.45, 7) is 3.74. The van der Waals surface area contributed by atoms with Crippen molar-refractivity contribution in [2.24, 2.45) is 0 Å². The predicted octanol–water partition coefficient (Wildman–Crippen LogP) is 0.674. The number of benzene rings is 1. The van der Waals surface area contributed by atoms with E-state index in [2.05, 4.69) is 14.1 Å². The molecule has 0 radical (unpaired) electrons. The van der Waals surface area contributed by atoms with Crippen molar-refractivity contribution in [1.29, 1.82) is 0 Å². The highest BCUT2D eigenvalue weighted by molar-refractivity contribution is 7.89. The summed E-state index contributed by atoms with van der Waals surface area (Å²) in [6, 6.07) is 5.04. The van der Waals surface area contributed by atoms with Crippen LogP contribution in [0.2, 0.25) is 0 Å². The second-order valence-corrected chi connectivity index (χ2v) is 6.94. The third-order valence-electron chi connectivity index (χ3n) is 3.28. The number of piperazine rings is 1. The number of nitrogens with one attached hydrogen (secondary N) is 1. The van der Waals surface area contributed by atoms with Crippen molar-refractivity contribution < 1.29 is 8.42 Å². The number of sulfonamides is 1. The van der Waals surface area contributed by atoms with Crippen LogP contribution in [0.5, 0.6) is 0 Å². The Hall–Kier alpha value is -1.09. The molecule has 0 unspecified atom stereocenters. The Bertz CT molecular complexity index is 698. The second-order valence-electron chi connectivity index (χ2n) is 4.56. The van der Waals surface area contributed by atoms with Gasteiger partial charge in [-0.15, -0.1) is 0 Å². The van der Waals surface area contributed by atoms with E-state index in [1.807, 2.05) is 6.92 Å². The summed E-state index contributed by atoms with van der Waals surface area (Å²) < 4.78 is 35.2. The van der Waals surface area contributed by atoms with Gasteiger partial charge in [0.1, 0.15) is 15.9 Å². The van der Waals surface area contributed by atoms with Crippen LogP contribution in [0.25, 0.3) is 11.0 Å². The maximum Gasteiger partial charge on any atom is 0.245 e. The van der Waals surface area contributed by atoms with Gasteiger partial charge in [0.05, 0.1) is 11.7 Å². The minimum Gasteiger partial charge on any atom is -0.314 e. The first-order chi connectivity index (χ1) is 9.10. The molecule has 2 heterocycles. The fourth-order valence-corrected chi connectivity index (χ4v) is 4.68. The lowest BCUT2D eigenvalue weighted by atomic mass is 10.3. The van der Waals surface area contributed by atoms with Gasteiger partial charge in [0.15, 0.2) is 0 Å². The molecule has 2 aromatic rings. The average Bonchev–Trinajstić information content (AvgIpc) is 2.86. The van der Waals surface area contributed by atoms with Crippen LogP contribution in [0.15, 0.2) is 23.1 Å². The van der Waals surface area contributed by atoms with Gasteiger partial charge in [0.2, 0.25) is 10.0 Å². The smallest absolute Gasteiger partial charge is 0.245 e. The van der Waals surface area contributed by atoms with E-state index in [0.717, 1.165) is 11.7 Å². The lowest BCUT2D eigenvalue weighted by molar-refractivity contribution is 0.284. The van der Waals surface area contributed by atoms with E-state index in [-0.39, 0.29) is 10.9 Å². The third kappa shape index (κ3) is 2.14. The number of hydrogen-bond donors (Lipinski definition) is 1. The van der Waals surface area contributed by atoms with Crippen LogP contribution in [-0.2, 0) is 10.0 Å². The highest BCUT2D eigenvalue weighted by atomic mass is 32.2. The molecule has 1 aliphatic rings. The van der Waals surface area contributed by atoms with Gasteiger partial charge in [0, 0.05) is 25.7 Å². The Kier molecular flexibility index (Phi) is 3.25. The fraction of sp³-hybridized carbons (Fsp3) is 0.455. The summed E-state index contributed by atoms with van der Waals surface area (Å²) in [5, 5.41) is 3.19. The molecule has 1 saturated heterocycles. The molecule has 6 nitrogen and oxygen atoms in total. The first-order valence-corrected chi connectivity index (χ1v) is 8.21. The van der Waals surface area contributed by atoms with E-state index in [1.165, 1.54) is 4.31 Å². The van der Waals surface area contributed by atoms with Crippen molar-refractivity contribution in [2.75, 3.05) is 19.6 Å². The number of fused-ring (bicyclic) bond motifs is 1. The topological polar surface area (TPSA) is 75.2 Å². The first kappa shape index (κ1) is 12.9.